The normalized spacial score (nSPS) is 19.3. The number of amides is 2. The van der Waals surface area contributed by atoms with Crippen LogP contribution in [0.4, 0.5) is 0 Å². The Labute approximate surface area is 128 Å². The molecule has 1 aliphatic rings. The average Bonchev–Trinajstić information content (AvgIpc) is 2.47. The van der Waals surface area contributed by atoms with Crippen molar-refractivity contribution in [3.63, 3.8) is 0 Å². The van der Waals surface area contributed by atoms with Crippen LogP contribution in [0, 0.1) is 0 Å². The van der Waals surface area contributed by atoms with Crippen molar-refractivity contribution >= 4 is 11.8 Å². The number of piperidine rings is 1. The number of rotatable bonds is 8. The van der Waals surface area contributed by atoms with Crippen LogP contribution in [-0.4, -0.2) is 67.4 Å². The molecule has 0 spiro atoms. The minimum atomic E-state index is -0.0927. The van der Waals surface area contributed by atoms with E-state index < -0.39 is 0 Å². The zero-order chi connectivity index (χ0) is 15.7. The molecule has 6 nitrogen and oxygen atoms in total. The van der Waals surface area contributed by atoms with Crippen LogP contribution in [0.25, 0.3) is 0 Å². The number of hydrogen-bond donors (Lipinski definition) is 2. The number of likely N-dealkylation sites (N-methyl/N-ethyl adjacent to an activating group) is 1. The number of carbonyl (C=O) groups is 2. The van der Waals surface area contributed by atoms with E-state index in [0.29, 0.717) is 25.7 Å². The van der Waals surface area contributed by atoms with Crippen LogP contribution in [0.1, 0.15) is 39.0 Å². The summed E-state index contributed by atoms with van der Waals surface area (Å²) in [4.78, 5) is 27.6. The Balaban J connectivity index is 2.41. The predicted octanol–water partition coefficient (Wildman–Crippen LogP) is 0.174. The summed E-state index contributed by atoms with van der Waals surface area (Å²) in [6, 6.07) is 0.412. The van der Waals surface area contributed by atoms with Gasteiger partial charge >= 0.3 is 0 Å². The number of hydrogen-bond acceptors (Lipinski definition) is 4. The van der Waals surface area contributed by atoms with E-state index in [1.807, 2.05) is 6.92 Å². The molecule has 1 rings (SSSR count). The molecule has 1 atom stereocenters. The van der Waals surface area contributed by atoms with Gasteiger partial charge < -0.3 is 16.0 Å². The molecule has 0 aromatic rings. The molecule has 1 saturated heterocycles. The van der Waals surface area contributed by atoms with Crippen molar-refractivity contribution in [3.05, 3.63) is 0 Å². The number of carbonyl (C=O) groups excluding carboxylic acids is 2. The molecular weight excluding hydrogens is 268 g/mol. The van der Waals surface area contributed by atoms with Gasteiger partial charge in [0.1, 0.15) is 0 Å². The second kappa shape index (κ2) is 9.73. The maximum atomic E-state index is 12.2. The number of nitrogens with one attached hydrogen (secondary N) is 1. The number of nitrogens with two attached hydrogens (primary N) is 1. The van der Waals surface area contributed by atoms with Crippen LogP contribution < -0.4 is 11.1 Å². The van der Waals surface area contributed by atoms with Gasteiger partial charge in [0, 0.05) is 19.6 Å². The first-order valence-electron chi connectivity index (χ1n) is 8.03. The fourth-order valence-corrected chi connectivity index (χ4v) is 2.71. The van der Waals surface area contributed by atoms with Crippen LogP contribution in [0.2, 0.25) is 0 Å². The molecule has 1 unspecified atom stereocenters. The maximum Gasteiger partial charge on any atom is 0.239 e. The lowest BCUT2D eigenvalue weighted by molar-refractivity contribution is -0.136. The maximum absolute atomic E-state index is 12.2. The van der Waals surface area contributed by atoms with E-state index in [4.69, 9.17) is 5.73 Å². The summed E-state index contributed by atoms with van der Waals surface area (Å²) in [5, 5.41) is 2.79. The van der Waals surface area contributed by atoms with Crippen molar-refractivity contribution in [3.8, 4) is 0 Å². The van der Waals surface area contributed by atoms with E-state index in [9.17, 15) is 9.59 Å². The number of nitrogens with zero attached hydrogens (tertiary/aromatic N) is 2. The molecule has 21 heavy (non-hydrogen) atoms. The van der Waals surface area contributed by atoms with Crippen LogP contribution in [-0.2, 0) is 9.59 Å². The van der Waals surface area contributed by atoms with Crippen molar-refractivity contribution in [2.24, 2.45) is 5.73 Å². The molecule has 0 aliphatic carbocycles. The average molecular weight is 298 g/mol. The standard InChI is InChI=1S/C15H30N4O2/c1-3-9-17-14(20)11-18(2)15(21)12-19-10-5-4-6-13(19)7-8-16/h13H,3-12,16H2,1-2H3,(H,17,20). The topological polar surface area (TPSA) is 78.7 Å². The summed E-state index contributed by atoms with van der Waals surface area (Å²) in [6.45, 7) is 4.79. The highest BCUT2D eigenvalue weighted by Crippen LogP contribution is 2.18. The summed E-state index contributed by atoms with van der Waals surface area (Å²) in [5.41, 5.74) is 5.65. The zero-order valence-electron chi connectivity index (χ0n) is 13.4. The zero-order valence-corrected chi connectivity index (χ0v) is 13.4. The summed E-state index contributed by atoms with van der Waals surface area (Å²) in [7, 11) is 1.69. The van der Waals surface area contributed by atoms with Crippen molar-refractivity contribution < 1.29 is 9.59 Å². The summed E-state index contributed by atoms with van der Waals surface area (Å²) in [6.07, 6.45) is 5.30. The molecular formula is C15H30N4O2. The summed E-state index contributed by atoms with van der Waals surface area (Å²) < 4.78 is 0. The lowest BCUT2D eigenvalue weighted by atomic mass is 9.99. The first kappa shape index (κ1) is 17.9. The van der Waals surface area contributed by atoms with Gasteiger partial charge in [0.15, 0.2) is 0 Å². The minimum absolute atomic E-state index is 0.00516. The molecule has 122 valence electrons. The SMILES string of the molecule is CCCNC(=O)CN(C)C(=O)CN1CCCCC1CCN. The van der Waals surface area contributed by atoms with Crippen molar-refractivity contribution in [1.29, 1.82) is 0 Å². The minimum Gasteiger partial charge on any atom is -0.355 e. The fourth-order valence-electron chi connectivity index (χ4n) is 2.71. The van der Waals surface area contributed by atoms with Gasteiger partial charge in [-0.15, -0.1) is 0 Å². The highest BCUT2D eigenvalue weighted by atomic mass is 16.2. The molecule has 0 aromatic heterocycles. The third-order valence-electron chi connectivity index (χ3n) is 3.97. The molecule has 0 bridgehead atoms. The van der Waals surface area contributed by atoms with E-state index in [0.717, 1.165) is 32.2 Å². The van der Waals surface area contributed by atoms with Crippen molar-refractivity contribution in [2.75, 3.05) is 39.8 Å². The van der Waals surface area contributed by atoms with Crippen LogP contribution in [0.5, 0.6) is 0 Å². The Morgan fingerprint density at radius 2 is 2.14 bits per heavy atom. The third kappa shape index (κ3) is 6.44. The molecule has 0 aromatic carbocycles. The van der Waals surface area contributed by atoms with Gasteiger partial charge in [0.2, 0.25) is 11.8 Å². The monoisotopic (exact) mass is 298 g/mol. The van der Waals surface area contributed by atoms with Gasteiger partial charge in [-0.05, 0) is 38.8 Å². The van der Waals surface area contributed by atoms with Gasteiger partial charge in [-0.3, -0.25) is 14.5 Å². The lowest BCUT2D eigenvalue weighted by Crippen LogP contribution is -2.48. The molecule has 1 heterocycles. The smallest absolute Gasteiger partial charge is 0.239 e. The third-order valence-corrected chi connectivity index (χ3v) is 3.97. The molecule has 3 N–H and O–H groups in total. The van der Waals surface area contributed by atoms with E-state index >= 15 is 0 Å². The van der Waals surface area contributed by atoms with Gasteiger partial charge in [-0.1, -0.05) is 13.3 Å². The van der Waals surface area contributed by atoms with Crippen LogP contribution in [0.15, 0.2) is 0 Å². The Morgan fingerprint density at radius 3 is 2.81 bits per heavy atom. The highest BCUT2D eigenvalue weighted by Gasteiger charge is 2.25. The Bertz CT molecular complexity index is 334. The number of likely N-dealkylation sites (tertiary alicyclic amines) is 1. The molecule has 1 aliphatic heterocycles. The molecule has 0 radical (unpaired) electrons. The van der Waals surface area contributed by atoms with Crippen molar-refractivity contribution in [1.82, 2.24) is 15.1 Å². The van der Waals surface area contributed by atoms with E-state index in [2.05, 4.69) is 10.2 Å². The van der Waals surface area contributed by atoms with Gasteiger partial charge in [0.25, 0.3) is 0 Å². The Hall–Kier alpha value is -1.14. The van der Waals surface area contributed by atoms with Crippen LogP contribution >= 0.6 is 0 Å². The van der Waals surface area contributed by atoms with Crippen molar-refractivity contribution in [2.45, 2.75) is 45.1 Å². The van der Waals surface area contributed by atoms with Crippen LogP contribution in [0.3, 0.4) is 0 Å². The predicted molar refractivity (Wildman–Crippen MR) is 83.8 cm³/mol. The highest BCUT2D eigenvalue weighted by molar-refractivity contribution is 5.85. The Kier molecular flexibility index (Phi) is 8.30. The van der Waals surface area contributed by atoms with E-state index in [-0.39, 0.29) is 18.4 Å². The lowest BCUT2D eigenvalue weighted by Gasteiger charge is -2.35. The summed E-state index contributed by atoms with van der Waals surface area (Å²) in [5.74, 6) is -0.0876. The summed E-state index contributed by atoms with van der Waals surface area (Å²) >= 11 is 0. The van der Waals surface area contributed by atoms with Gasteiger partial charge in [0.05, 0.1) is 13.1 Å². The molecule has 2 amide bonds. The fraction of sp³-hybridized carbons (Fsp3) is 0.867. The van der Waals surface area contributed by atoms with E-state index in [1.165, 1.54) is 11.3 Å². The molecule has 6 heteroatoms. The van der Waals surface area contributed by atoms with Gasteiger partial charge in [-0.25, -0.2) is 0 Å². The second-order valence-corrected chi connectivity index (χ2v) is 5.80. The first-order chi connectivity index (χ1) is 10.1. The first-order valence-corrected chi connectivity index (χ1v) is 8.03. The quantitative estimate of drug-likeness (QED) is 0.670. The van der Waals surface area contributed by atoms with Gasteiger partial charge in [-0.2, -0.15) is 0 Å². The largest absolute Gasteiger partial charge is 0.355 e. The molecule has 0 saturated carbocycles. The molecule has 1 fully saturated rings. The second-order valence-electron chi connectivity index (χ2n) is 5.80. The van der Waals surface area contributed by atoms with E-state index in [1.54, 1.807) is 7.05 Å². The Morgan fingerprint density at radius 1 is 1.38 bits per heavy atom.